The molecule has 0 fully saturated rings. The van der Waals surface area contributed by atoms with Gasteiger partial charge in [-0.2, -0.15) is 0 Å². The molecule has 0 aliphatic rings. The molecule has 0 saturated carbocycles. The summed E-state index contributed by atoms with van der Waals surface area (Å²) in [5.41, 5.74) is 0. The predicted molar refractivity (Wildman–Crippen MR) is 127 cm³/mol. The van der Waals surface area contributed by atoms with E-state index < -0.39 is 25.7 Å². The minimum atomic E-state index is -2.64. The van der Waals surface area contributed by atoms with Gasteiger partial charge in [-0.3, -0.25) is 0 Å². The zero-order valence-corrected chi connectivity index (χ0v) is 20.2. The SMILES string of the molecule is C[SiH](O)CC[Si](C)(C)O[Si](c1ccccc1)(c1ccccc1)c1ccccc1. The van der Waals surface area contributed by atoms with Crippen LogP contribution in [0, 0.1) is 0 Å². The quantitative estimate of drug-likeness (QED) is 0.446. The Balaban J connectivity index is 2.19. The summed E-state index contributed by atoms with van der Waals surface area (Å²) >= 11 is 0. The van der Waals surface area contributed by atoms with Gasteiger partial charge >= 0.3 is 0 Å². The van der Waals surface area contributed by atoms with Gasteiger partial charge in [-0.25, -0.2) is 0 Å². The molecule has 2 nitrogen and oxygen atoms in total. The van der Waals surface area contributed by atoms with Crippen molar-refractivity contribution < 1.29 is 8.91 Å². The number of hydrogen-bond acceptors (Lipinski definition) is 2. The first-order valence-corrected chi connectivity index (χ1v) is 17.5. The molecule has 28 heavy (non-hydrogen) atoms. The van der Waals surface area contributed by atoms with Crippen LogP contribution in [0.15, 0.2) is 91.0 Å². The van der Waals surface area contributed by atoms with Crippen molar-refractivity contribution in [3.8, 4) is 0 Å². The molecule has 146 valence electrons. The van der Waals surface area contributed by atoms with E-state index >= 15 is 0 Å². The highest BCUT2D eigenvalue weighted by molar-refractivity contribution is 7.10. The van der Waals surface area contributed by atoms with Crippen LogP contribution in [-0.2, 0) is 4.12 Å². The molecule has 0 spiro atoms. The van der Waals surface area contributed by atoms with Gasteiger partial charge in [0.05, 0.1) is 0 Å². The third-order valence-corrected chi connectivity index (χ3v) is 15.2. The lowest BCUT2D eigenvalue weighted by atomic mass is 10.3. The maximum Gasteiger partial charge on any atom is 0.278 e. The second-order valence-electron chi connectivity index (χ2n) is 8.03. The van der Waals surface area contributed by atoms with Crippen molar-refractivity contribution in [3.05, 3.63) is 91.0 Å². The second-order valence-corrected chi connectivity index (χ2v) is 18.2. The summed E-state index contributed by atoms with van der Waals surface area (Å²) in [6.07, 6.45) is 0. The fraction of sp³-hybridized carbons (Fsp3) is 0.217. The van der Waals surface area contributed by atoms with E-state index in [2.05, 4.69) is 104 Å². The Labute approximate surface area is 172 Å². The highest BCUT2D eigenvalue weighted by Gasteiger charge is 2.45. The molecule has 0 aromatic heterocycles. The van der Waals surface area contributed by atoms with Crippen LogP contribution in [0.5, 0.6) is 0 Å². The predicted octanol–water partition coefficient (Wildman–Crippen LogP) is 3.22. The fourth-order valence-electron chi connectivity index (χ4n) is 3.72. The minimum absolute atomic E-state index is 0.919. The lowest BCUT2D eigenvalue weighted by Gasteiger charge is -2.40. The van der Waals surface area contributed by atoms with E-state index in [1.54, 1.807) is 0 Å². The van der Waals surface area contributed by atoms with Crippen molar-refractivity contribution >= 4 is 41.2 Å². The van der Waals surface area contributed by atoms with Gasteiger partial charge < -0.3 is 8.91 Å². The van der Waals surface area contributed by atoms with E-state index in [4.69, 9.17) is 4.12 Å². The van der Waals surface area contributed by atoms with E-state index in [9.17, 15) is 4.80 Å². The molecule has 1 unspecified atom stereocenters. The first kappa shape index (κ1) is 21.0. The van der Waals surface area contributed by atoms with E-state index in [1.165, 1.54) is 15.6 Å². The molecule has 0 radical (unpaired) electrons. The smallest absolute Gasteiger partial charge is 0.278 e. The Hall–Kier alpha value is -1.77. The minimum Gasteiger partial charge on any atom is -0.446 e. The normalized spacial score (nSPS) is 13.3. The summed E-state index contributed by atoms with van der Waals surface area (Å²) in [6, 6.07) is 34.1. The van der Waals surface area contributed by atoms with Crippen LogP contribution in [0.1, 0.15) is 0 Å². The molecule has 3 aromatic carbocycles. The maximum atomic E-state index is 9.98. The number of rotatable bonds is 8. The van der Waals surface area contributed by atoms with Gasteiger partial charge in [-0.15, -0.1) is 0 Å². The lowest BCUT2D eigenvalue weighted by Crippen LogP contribution is -2.72. The van der Waals surface area contributed by atoms with Gasteiger partial charge in [0.15, 0.2) is 17.4 Å². The van der Waals surface area contributed by atoms with E-state index in [0.717, 1.165) is 12.1 Å². The highest BCUT2D eigenvalue weighted by Crippen LogP contribution is 2.22. The number of benzene rings is 3. The third kappa shape index (κ3) is 4.79. The van der Waals surface area contributed by atoms with E-state index in [1.807, 2.05) is 6.55 Å². The van der Waals surface area contributed by atoms with Gasteiger partial charge in [-0.05, 0) is 47.3 Å². The third-order valence-electron chi connectivity index (χ3n) is 5.13. The largest absolute Gasteiger partial charge is 0.446 e. The van der Waals surface area contributed by atoms with Crippen LogP contribution in [0.4, 0.5) is 0 Å². The van der Waals surface area contributed by atoms with Crippen LogP contribution in [-0.4, -0.2) is 30.5 Å². The molecular formula is C23H30O2Si3. The summed E-state index contributed by atoms with van der Waals surface area (Å²) in [4.78, 5) is 9.98. The Bertz CT molecular complexity index is 756. The maximum absolute atomic E-state index is 9.98. The number of hydrogen-bond donors (Lipinski definition) is 1. The first-order chi connectivity index (χ1) is 13.4. The summed E-state index contributed by atoms with van der Waals surface area (Å²) < 4.78 is 7.32. The van der Waals surface area contributed by atoms with Crippen molar-refractivity contribution in [2.45, 2.75) is 31.7 Å². The molecular weight excluding hydrogens is 393 g/mol. The molecule has 3 aromatic rings. The Morgan fingerprint density at radius 3 is 1.39 bits per heavy atom. The topological polar surface area (TPSA) is 29.5 Å². The Kier molecular flexibility index (Phi) is 6.85. The highest BCUT2D eigenvalue weighted by atomic mass is 28.4. The molecule has 3 rings (SSSR count). The van der Waals surface area contributed by atoms with Crippen LogP contribution in [0.3, 0.4) is 0 Å². The average molecular weight is 423 g/mol. The van der Waals surface area contributed by atoms with Gasteiger partial charge in [0.25, 0.3) is 8.32 Å². The summed E-state index contributed by atoms with van der Waals surface area (Å²) in [5, 5.41) is 3.84. The van der Waals surface area contributed by atoms with Gasteiger partial charge in [0, 0.05) is 0 Å². The van der Waals surface area contributed by atoms with Crippen LogP contribution in [0.2, 0.25) is 31.7 Å². The summed E-state index contributed by atoms with van der Waals surface area (Å²) in [7, 11) is -6.24. The molecule has 0 saturated heterocycles. The zero-order chi connectivity index (χ0) is 20.0. The van der Waals surface area contributed by atoms with Gasteiger partial charge in [-0.1, -0.05) is 91.0 Å². The van der Waals surface area contributed by atoms with Crippen molar-refractivity contribution in [1.82, 2.24) is 0 Å². The molecule has 5 heteroatoms. The second kappa shape index (κ2) is 9.15. The van der Waals surface area contributed by atoms with Gasteiger partial charge in [0.2, 0.25) is 0 Å². The molecule has 0 aliphatic heterocycles. The summed E-state index contributed by atoms with van der Waals surface area (Å²) in [6.45, 7) is 6.61. The monoisotopic (exact) mass is 422 g/mol. The van der Waals surface area contributed by atoms with Crippen LogP contribution >= 0.6 is 0 Å². The Morgan fingerprint density at radius 1 is 0.714 bits per heavy atom. The van der Waals surface area contributed by atoms with Crippen molar-refractivity contribution in [2.75, 3.05) is 0 Å². The van der Waals surface area contributed by atoms with Crippen molar-refractivity contribution in [1.29, 1.82) is 0 Å². The molecule has 0 bridgehead atoms. The fourth-order valence-corrected chi connectivity index (χ4v) is 16.3. The molecule has 0 amide bonds. The zero-order valence-electron chi connectivity index (χ0n) is 17.0. The molecule has 0 aliphatic carbocycles. The molecule has 0 heterocycles. The van der Waals surface area contributed by atoms with Gasteiger partial charge in [0.1, 0.15) is 0 Å². The standard InChI is InChI=1S/C23H30O2Si3/c1-26(24)19-20-27(2,3)25-28(21-13-7-4-8-14-21,22-15-9-5-10-16-22)23-17-11-6-12-18-23/h4-18,24,26H,19-20H2,1-3H3. The van der Waals surface area contributed by atoms with E-state index in [0.29, 0.717) is 0 Å². The van der Waals surface area contributed by atoms with Crippen LogP contribution < -0.4 is 15.6 Å². The summed E-state index contributed by atoms with van der Waals surface area (Å²) in [5.74, 6) is 0. The lowest BCUT2D eigenvalue weighted by molar-refractivity contribution is 0.557. The van der Waals surface area contributed by atoms with Crippen LogP contribution in [0.25, 0.3) is 0 Å². The first-order valence-electron chi connectivity index (χ1n) is 9.99. The van der Waals surface area contributed by atoms with Crippen molar-refractivity contribution in [2.24, 2.45) is 0 Å². The molecule has 1 atom stereocenters. The van der Waals surface area contributed by atoms with Crippen molar-refractivity contribution in [3.63, 3.8) is 0 Å². The van der Waals surface area contributed by atoms with E-state index in [-0.39, 0.29) is 0 Å². The Morgan fingerprint density at radius 2 is 1.07 bits per heavy atom. The molecule has 1 N–H and O–H groups in total. The average Bonchev–Trinajstić information content (AvgIpc) is 2.73.